The van der Waals surface area contributed by atoms with Crippen LogP contribution < -0.4 is 10.1 Å². The SMILES string of the molecule is O=C(COc1ccc(-n2cnnn2)cc1)NC(c1ccccc1)c1ccccc1. The maximum Gasteiger partial charge on any atom is 0.258 e. The molecule has 1 heterocycles. The maximum absolute atomic E-state index is 12.6. The van der Waals surface area contributed by atoms with Crippen molar-refractivity contribution < 1.29 is 9.53 Å². The largest absolute Gasteiger partial charge is 0.484 e. The van der Waals surface area contributed by atoms with Gasteiger partial charge in [-0.1, -0.05) is 60.7 Å². The van der Waals surface area contributed by atoms with Gasteiger partial charge in [0, 0.05) is 0 Å². The molecule has 0 saturated heterocycles. The maximum atomic E-state index is 12.6. The Hall–Kier alpha value is -4.00. The summed E-state index contributed by atoms with van der Waals surface area (Å²) < 4.78 is 7.18. The molecule has 0 atom stereocenters. The number of amides is 1. The molecular formula is C22H19N5O2. The first-order chi connectivity index (χ1) is 14.3. The normalized spacial score (nSPS) is 10.7. The van der Waals surface area contributed by atoms with E-state index in [1.807, 2.05) is 72.8 Å². The van der Waals surface area contributed by atoms with Crippen molar-refractivity contribution in [1.82, 2.24) is 25.5 Å². The van der Waals surface area contributed by atoms with Gasteiger partial charge in [0.1, 0.15) is 12.1 Å². The number of nitrogens with zero attached hydrogens (tertiary/aromatic N) is 4. The van der Waals surface area contributed by atoms with Crippen LogP contribution in [0.4, 0.5) is 0 Å². The zero-order valence-electron chi connectivity index (χ0n) is 15.6. The summed E-state index contributed by atoms with van der Waals surface area (Å²) in [5, 5.41) is 14.1. The van der Waals surface area contributed by atoms with E-state index in [1.54, 1.807) is 16.8 Å². The minimum atomic E-state index is -0.240. The van der Waals surface area contributed by atoms with Gasteiger partial charge in [-0.25, -0.2) is 4.68 Å². The van der Waals surface area contributed by atoms with Crippen LogP contribution in [0.15, 0.2) is 91.3 Å². The Bertz CT molecular complexity index is 996. The van der Waals surface area contributed by atoms with Crippen LogP contribution >= 0.6 is 0 Å². The number of carbonyl (C=O) groups is 1. The van der Waals surface area contributed by atoms with Crippen molar-refractivity contribution in [2.75, 3.05) is 6.61 Å². The van der Waals surface area contributed by atoms with Gasteiger partial charge in [0.15, 0.2) is 6.61 Å². The van der Waals surface area contributed by atoms with Crippen LogP contribution in [0, 0.1) is 0 Å². The predicted octanol–water partition coefficient (Wildman–Crippen LogP) is 2.95. The Morgan fingerprint density at radius 2 is 1.52 bits per heavy atom. The highest BCUT2D eigenvalue weighted by Gasteiger charge is 2.16. The number of benzene rings is 3. The van der Waals surface area contributed by atoms with Gasteiger partial charge < -0.3 is 10.1 Å². The Morgan fingerprint density at radius 1 is 0.897 bits per heavy atom. The fourth-order valence-electron chi connectivity index (χ4n) is 2.98. The summed E-state index contributed by atoms with van der Waals surface area (Å²) in [6, 6.07) is 26.7. The van der Waals surface area contributed by atoms with Crippen LogP contribution in [0.25, 0.3) is 5.69 Å². The summed E-state index contributed by atoms with van der Waals surface area (Å²) in [6.07, 6.45) is 1.51. The lowest BCUT2D eigenvalue weighted by molar-refractivity contribution is -0.123. The van der Waals surface area contributed by atoms with Crippen molar-refractivity contribution >= 4 is 5.91 Å². The summed E-state index contributed by atoms with van der Waals surface area (Å²) in [4.78, 5) is 12.6. The second-order valence-corrected chi connectivity index (χ2v) is 6.36. The highest BCUT2D eigenvalue weighted by molar-refractivity contribution is 5.78. The summed E-state index contributed by atoms with van der Waals surface area (Å²) >= 11 is 0. The summed E-state index contributed by atoms with van der Waals surface area (Å²) in [7, 11) is 0. The molecule has 1 N–H and O–H groups in total. The van der Waals surface area contributed by atoms with Gasteiger partial charge in [-0.15, -0.1) is 5.10 Å². The molecule has 0 radical (unpaired) electrons. The molecule has 7 nitrogen and oxygen atoms in total. The van der Waals surface area contributed by atoms with Crippen molar-refractivity contribution in [3.8, 4) is 11.4 Å². The van der Waals surface area contributed by atoms with Gasteiger partial charge in [-0.3, -0.25) is 4.79 Å². The molecule has 0 saturated carbocycles. The molecule has 0 aliphatic heterocycles. The van der Waals surface area contributed by atoms with Gasteiger partial charge in [0.05, 0.1) is 11.7 Å². The number of hydrogen-bond donors (Lipinski definition) is 1. The smallest absolute Gasteiger partial charge is 0.258 e. The number of hydrogen-bond acceptors (Lipinski definition) is 5. The fourth-order valence-corrected chi connectivity index (χ4v) is 2.98. The highest BCUT2D eigenvalue weighted by Crippen LogP contribution is 2.21. The van der Waals surface area contributed by atoms with Gasteiger partial charge in [0.2, 0.25) is 0 Å². The Morgan fingerprint density at radius 3 is 2.07 bits per heavy atom. The zero-order chi connectivity index (χ0) is 19.9. The lowest BCUT2D eigenvalue weighted by Gasteiger charge is -2.20. The fraction of sp³-hybridized carbons (Fsp3) is 0.0909. The molecule has 144 valence electrons. The molecule has 1 amide bonds. The van der Waals surface area contributed by atoms with Crippen LogP contribution in [0.2, 0.25) is 0 Å². The molecule has 0 aliphatic carbocycles. The molecule has 4 aromatic rings. The van der Waals surface area contributed by atoms with Crippen LogP contribution in [0.1, 0.15) is 17.2 Å². The van der Waals surface area contributed by atoms with E-state index in [-0.39, 0.29) is 18.6 Å². The van der Waals surface area contributed by atoms with Gasteiger partial charge in [-0.2, -0.15) is 0 Å². The third kappa shape index (κ3) is 4.65. The van der Waals surface area contributed by atoms with Crippen molar-refractivity contribution in [2.45, 2.75) is 6.04 Å². The second-order valence-electron chi connectivity index (χ2n) is 6.36. The van der Waals surface area contributed by atoms with Gasteiger partial charge in [0.25, 0.3) is 5.91 Å². The van der Waals surface area contributed by atoms with E-state index in [9.17, 15) is 4.79 Å². The van der Waals surface area contributed by atoms with Gasteiger partial charge >= 0.3 is 0 Å². The van der Waals surface area contributed by atoms with Crippen LogP contribution in [0.5, 0.6) is 5.75 Å². The number of ether oxygens (including phenoxy) is 1. The van der Waals surface area contributed by atoms with Crippen molar-refractivity contribution in [2.24, 2.45) is 0 Å². The number of aromatic nitrogens is 4. The molecule has 3 aromatic carbocycles. The Kier molecular flexibility index (Phi) is 5.57. The molecule has 0 bridgehead atoms. The predicted molar refractivity (Wildman–Crippen MR) is 108 cm³/mol. The molecule has 7 heteroatoms. The summed E-state index contributed by atoms with van der Waals surface area (Å²) in [6.45, 7) is -0.0829. The van der Waals surface area contributed by atoms with E-state index in [0.717, 1.165) is 16.8 Å². The second kappa shape index (κ2) is 8.79. The number of tetrazole rings is 1. The molecular weight excluding hydrogens is 366 g/mol. The minimum Gasteiger partial charge on any atom is -0.484 e. The molecule has 0 spiro atoms. The van der Waals surface area contributed by atoms with Crippen LogP contribution in [0.3, 0.4) is 0 Å². The van der Waals surface area contributed by atoms with Gasteiger partial charge in [-0.05, 0) is 45.8 Å². The van der Waals surface area contributed by atoms with E-state index in [4.69, 9.17) is 4.74 Å². The molecule has 29 heavy (non-hydrogen) atoms. The third-order valence-electron chi connectivity index (χ3n) is 4.39. The molecule has 0 aliphatic rings. The number of rotatable bonds is 7. The quantitative estimate of drug-likeness (QED) is 0.529. The van der Waals surface area contributed by atoms with E-state index < -0.39 is 0 Å². The van der Waals surface area contributed by atoms with Crippen LogP contribution in [-0.2, 0) is 4.79 Å². The summed E-state index contributed by atoms with van der Waals surface area (Å²) in [5.74, 6) is 0.389. The molecule has 0 unspecified atom stereocenters. The Balaban J connectivity index is 1.41. The number of carbonyl (C=O) groups excluding carboxylic acids is 1. The first-order valence-electron chi connectivity index (χ1n) is 9.15. The number of nitrogens with one attached hydrogen (secondary N) is 1. The average molecular weight is 385 g/mol. The zero-order valence-corrected chi connectivity index (χ0v) is 15.6. The third-order valence-corrected chi connectivity index (χ3v) is 4.39. The monoisotopic (exact) mass is 385 g/mol. The van der Waals surface area contributed by atoms with E-state index in [2.05, 4.69) is 20.8 Å². The molecule has 1 aromatic heterocycles. The van der Waals surface area contributed by atoms with E-state index in [0.29, 0.717) is 5.75 Å². The highest BCUT2D eigenvalue weighted by atomic mass is 16.5. The van der Waals surface area contributed by atoms with E-state index >= 15 is 0 Å². The van der Waals surface area contributed by atoms with Crippen molar-refractivity contribution in [1.29, 1.82) is 0 Å². The lowest BCUT2D eigenvalue weighted by Crippen LogP contribution is -2.33. The summed E-state index contributed by atoms with van der Waals surface area (Å²) in [5.41, 5.74) is 2.83. The molecule has 4 rings (SSSR count). The minimum absolute atomic E-state index is 0.0829. The van der Waals surface area contributed by atoms with E-state index in [1.165, 1.54) is 6.33 Å². The van der Waals surface area contributed by atoms with Crippen molar-refractivity contribution in [3.05, 3.63) is 102 Å². The Labute approximate surface area is 168 Å². The first kappa shape index (κ1) is 18.4. The molecule has 0 fully saturated rings. The van der Waals surface area contributed by atoms with Crippen LogP contribution in [-0.4, -0.2) is 32.7 Å². The average Bonchev–Trinajstić information content (AvgIpc) is 3.33. The van der Waals surface area contributed by atoms with Crippen molar-refractivity contribution in [3.63, 3.8) is 0 Å². The standard InChI is InChI=1S/C22H19N5O2/c28-21(15-29-20-13-11-19(12-14-20)27-16-23-25-26-27)24-22(17-7-3-1-4-8-17)18-9-5-2-6-10-18/h1-14,16,22H,15H2,(H,24,28). The lowest BCUT2D eigenvalue weighted by atomic mass is 9.99. The topological polar surface area (TPSA) is 81.9 Å². The first-order valence-corrected chi connectivity index (χ1v) is 9.15.